The minimum atomic E-state index is -1.28. The minimum Gasteiger partial charge on any atom is -0.0656 e. The molecule has 0 aromatic heterocycles. The van der Waals surface area contributed by atoms with Gasteiger partial charge in [-0.05, 0) is 28.3 Å². The fourth-order valence-electron chi connectivity index (χ4n) is 3.24. The minimum absolute atomic E-state index is 1.17. The zero-order chi connectivity index (χ0) is 18.9. The summed E-state index contributed by atoms with van der Waals surface area (Å²) in [5, 5.41) is 3.00. The Balaban J connectivity index is 2.07. The molecule has 0 spiro atoms. The molecule has 0 amide bonds. The van der Waals surface area contributed by atoms with E-state index in [2.05, 4.69) is 106 Å². The molecule has 3 rings (SSSR count). The highest BCUT2D eigenvalue weighted by atomic mass is 28.3. The highest BCUT2D eigenvalue weighted by Gasteiger charge is 2.19. The maximum Gasteiger partial charge on any atom is 0.0775 e. The highest BCUT2D eigenvalue weighted by molar-refractivity contribution is 6.89. The maximum atomic E-state index is 3.40. The SMILES string of the molecule is C[Si](C)(C)c1ccc(C(=C2[C]=CC=C2)c2ccc([Si](C)(C)C)cc2)cc1. The van der Waals surface area contributed by atoms with Crippen LogP contribution in [0.1, 0.15) is 11.1 Å². The molecule has 0 aliphatic heterocycles. The van der Waals surface area contributed by atoms with Gasteiger partial charge in [0.15, 0.2) is 0 Å². The molecule has 2 heteroatoms. The van der Waals surface area contributed by atoms with Crippen molar-refractivity contribution in [3.05, 3.63) is 89.5 Å². The smallest absolute Gasteiger partial charge is 0.0656 e. The first-order chi connectivity index (χ1) is 12.2. The van der Waals surface area contributed by atoms with Crippen LogP contribution >= 0.6 is 0 Å². The average molecular weight is 374 g/mol. The summed E-state index contributed by atoms with van der Waals surface area (Å²) < 4.78 is 0. The van der Waals surface area contributed by atoms with E-state index in [1.165, 1.54) is 32.6 Å². The first-order valence-corrected chi connectivity index (χ1v) is 16.4. The number of hydrogen-bond donors (Lipinski definition) is 0. The second kappa shape index (κ2) is 7.01. The Hall–Kier alpha value is -1.91. The summed E-state index contributed by atoms with van der Waals surface area (Å²) in [6.45, 7) is 14.4. The monoisotopic (exact) mass is 373 g/mol. The van der Waals surface area contributed by atoms with Gasteiger partial charge in [-0.15, -0.1) is 0 Å². The van der Waals surface area contributed by atoms with Crippen LogP contribution in [0.3, 0.4) is 0 Å². The van der Waals surface area contributed by atoms with Gasteiger partial charge < -0.3 is 0 Å². The average Bonchev–Trinajstić information content (AvgIpc) is 3.08. The quantitative estimate of drug-likeness (QED) is 0.620. The van der Waals surface area contributed by atoms with E-state index < -0.39 is 16.1 Å². The van der Waals surface area contributed by atoms with Gasteiger partial charge in [-0.3, -0.25) is 0 Å². The van der Waals surface area contributed by atoms with Crippen molar-refractivity contribution in [3.63, 3.8) is 0 Å². The summed E-state index contributed by atoms with van der Waals surface area (Å²) in [7, 11) is -2.55. The molecule has 1 radical (unpaired) electrons. The molecule has 0 unspecified atom stereocenters. The topological polar surface area (TPSA) is 0 Å². The molecule has 0 nitrogen and oxygen atoms in total. The van der Waals surface area contributed by atoms with Crippen LogP contribution in [0.25, 0.3) is 5.57 Å². The van der Waals surface area contributed by atoms with Gasteiger partial charge in [0.2, 0.25) is 0 Å². The van der Waals surface area contributed by atoms with Crippen LogP contribution in [-0.4, -0.2) is 16.1 Å². The summed E-state index contributed by atoms with van der Waals surface area (Å²) in [4.78, 5) is 0. The Morgan fingerprint density at radius 3 is 1.38 bits per heavy atom. The fourth-order valence-corrected chi connectivity index (χ4v) is 5.57. The Kier molecular flexibility index (Phi) is 5.09. The summed E-state index contributed by atoms with van der Waals surface area (Å²) in [5.74, 6) is 0. The van der Waals surface area contributed by atoms with E-state index >= 15 is 0 Å². The molecule has 133 valence electrons. The predicted octanol–water partition coefficient (Wildman–Crippen LogP) is 5.51. The van der Waals surface area contributed by atoms with Crippen molar-refractivity contribution in [2.75, 3.05) is 0 Å². The zero-order valence-corrected chi connectivity index (χ0v) is 18.9. The fraction of sp³-hybridized carbons (Fsp3) is 0.250. The van der Waals surface area contributed by atoms with Crippen molar-refractivity contribution in [1.82, 2.24) is 0 Å². The van der Waals surface area contributed by atoms with Crippen molar-refractivity contribution in [3.8, 4) is 0 Å². The Morgan fingerprint density at radius 1 is 0.654 bits per heavy atom. The van der Waals surface area contributed by atoms with E-state index in [1.54, 1.807) is 0 Å². The molecule has 26 heavy (non-hydrogen) atoms. The normalized spacial score (nSPS) is 14.2. The van der Waals surface area contributed by atoms with E-state index in [0.29, 0.717) is 0 Å². The number of benzene rings is 2. The standard InChI is InChI=1S/C24H29Si2/c1-25(2,3)22-15-11-20(12-16-22)24(19-9-7-8-10-19)21-13-17-23(18-14-21)26(4,5)6/h7-9,11-18H,1-6H3. The van der Waals surface area contributed by atoms with Crippen molar-refractivity contribution in [1.29, 1.82) is 0 Å². The summed E-state index contributed by atoms with van der Waals surface area (Å²) in [6.07, 6.45) is 9.64. The molecular weight excluding hydrogens is 344 g/mol. The molecule has 1 aliphatic rings. The molecule has 1 aliphatic carbocycles. The third-order valence-corrected chi connectivity index (χ3v) is 9.08. The van der Waals surface area contributed by atoms with Gasteiger partial charge in [0, 0.05) is 0 Å². The Morgan fingerprint density at radius 2 is 1.08 bits per heavy atom. The molecule has 0 N–H and O–H groups in total. The molecule has 2 aromatic rings. The first-order valence-electron chi connectivity index (χ1n) is 9.39. The predicted molar refractivity (Wildman–Crippen MR) is 122 cm³/mol. The molecule has 2 aromatic carbocycles. The lowest BCUT2D eigenvalue weighted by Gasteiger charge is -2.19. The van der Waals surface area contributed by atoms with Gasteiger partial charge in [0.05, 0.1) is 16.1 Å². The largest absolute Gasteiger partial charge is 0.0775 e. The molecule has 0 atom stereocenters. The van der Waals surface area contributed by atoms with Crippen LogP contribution in [0.5, 0.6) is 0 Å². The van der Waals surface area contributed by atoms with Crippen LogP contribution < -0.4 is 10.4 Å². The lowest BCUT2D eigenvalue weighted by molar-refractivity contribution is 1.52. The third kappa shape index (κ3) is 4.08. The molecule has 0 bridgehead atoms. The Bertz CT molecular complexity index is 792. The van der Waals surface area contributed by atoms with Crippen molar-refractivity contribution < 1.29 is 0 Å². The lowest BCUT2D eigenvalue weighted by atomic mass is 9.93. The van der Waals surface area contributed by atoms with Crippen molar-refractivity contribution >= 4 is 32.1 Å². The second-order valence-corrected chi connectivity index (χ2v) is 19.3. The van der Waals surface area contributed by atoms with Gasteiger partial charge in [0.25, 0.3) is 0 Å². The number of hydrogen-bond acceptors (Lipinski definition) is 0. The second-order valence-electron chi connectivity index (χ2n) is 9.11. The van der Waals surface area contributed by atoms with E-state index in [4.69, 9.17) is 0 Å². The summed E-state index contributed by atoms with van der Waals surface area (Å²) >= 11 is 0. The van der Waals surface area contributed by atoms with E-state index in [1.807, 2.05) is 6.08 Å². The van der Waals surface area contributed by atoms with Gasteiger partial charge >= 0.3 is 0 Å². The van der Waals surface area contributed by atoms with Crippen LogP contribution in [0.15, 0.2) is 72.3 Å². The number of rotatable bonds is 4. The summed E-state index contributed by atoms with van der Waals surface area (Å²) in [6, 6.07) is 18.4. The van der Waals surface area contributed by atoms with E-state index in [-0.39, 0.29) is 0 Å². The van der Waals surface area contributed by atoms with E-state index in [0.717, 1.165) is 0 Å². The molecular formula is C24H29Si2. The van der Waals surface area contributed by atoms with Crippen molar-refractivity contribution in [2.45, 2.75) is 39.3 Å². The highest BCUT2D eigenvalue weighted by Crippen LogP contribution is 2.29. The van der Waals surface area contributed by atoms with E-state index in [9.17, 15) is 0 Å². The molecule has 0 saturated heterocycles. The molecule has 0 fully saturated rings. The maximum absolute atomic E-state index is 3.40. The van der Waals surface area contributed by atoms with Gasteiger partial charge in [-0.25, -0.2) is 0 Å². The first kappa shape index (κ1) is 18.9. The summed E-state index contributed by atoms with van der Waals surface area (Å²) in [5.41, 5.74) is 5.00. The van der Waals surface area contributed by atoms with Gasteiger partial charge in [-0.1, -0.05) is 116 Å². The van der Waals surface area contributed by atoms with Gasteiger partial charge in [0.1, 0.15) is 0 Å². The molecule has 0 saturated carbocycles. The van der Waals surface area contributed by atoms with Crippen LogP contribution in [-0.2, 0) is 0 Å². The van der Waals surface area contributed by atoms with Crippen LogP contribution in [0, 0.1) is 6.08 Å². The van der Waals surface area contributed by atoms with Crippen LogP contribution in [0.4, 0.5) is 0 Å². The van der Waals surface area contributed by atoms with Gasteiger partial charge in [-0.2, -0.15) is 0 Å². The lowest BCUT2D eigenvalue weighted by Crippen LogP contribution is -2.37. The molecule has 0 heterocycles. The zero-order valence-electron chi connectivity index (χ0n) is 16.9. The number of allylic oxidation sites excluding steroid dienone is 5. The van der Waals surface area contributed by atoms with Crippen molar-refractivity contribution in [2.24, 2.45) is 0 Å². The Labute approximate surface area is 161 Å². The van der Waals surface area contributed by atoms with Crippen LogP contribution in [0.2, 0.25) is 39.3 Å². The third-order valence-electron chi connectivity index (χ3n) is 4.95.